The summed E-state index contributed by atoms with van der Waals surface area (Å²) in [6, 6.07) is 8.36. The lowest BCUT2D eigenvalue weighted by molar-refractivity contribution is 0.0932. The van der Waals surface area contributed by atoms with Crippen LogP contribution in [0.5, 0.6) is 0 Å². The molecule has 8 heteroatoms. The molecule has 1 aliphatic rings. The van der Waals surface area contributed by atoms with Crippen molar-refractivity contribution in [3.05, 3.63) is 51.2 Å². The molecule has 0 radical (unpaired) electrons. The summed E-state index contributed by atoms with van der Waals surface area (Å²) >= 11 is 7.48. The Balaban J connectivity index is 0.00000225. The van der Waals surface area contributed by atoms with Crippen LogP contribution in [-0.4, -0.2) is 24.4 Å². The zero-order valence-electron chi connectivity index (χ0n) is 13.3. The SMILES string of the molecule is Cl.NCC(NC(=O)c1ccc(Cl)c(NC(=O)c2cccs2)c1)C1CC1. The van der Waals surface area contributed by atoms with E-state index in [0.717, 1.165) is 12.8 Å². The molecule has 2 amide bonds. The van der Waals surface area contributed by atoms with Crippen LogP contribution in [0.25, 0.3) is 0 Å². The lowest BCUT2D eigenvalue weighted by Crippen LogP contribution is -2.41. The van der Waals surface area contributed by atoms with E-state index in [1.54, 1.807) is 30.3 Å². The van der Waals surface area contributed by atoms with E-state index in [2.05, 4.69) is 10.6 Å². The quantitative estimate of drug-likeness (QED) is 0.694. The van der Waals surface area contributed by atoms with E-state index in [1.165, 1.54) is 11.3 Å². The summed E-state index contributed by atoms with van der Waals surface area (Å²) in [6.07, 6.45) is 2.20. The Bertz CT molecular complexity index is 748. The number of nitrogens with one attached hydrogen (secondary N) is 2. The van der Waals surface area contributed by atoms with Gasteiger partial charge in [0.2, 0.25) is 0 Å². The molecule has 1 aromatic carbocycles. The van der Waals surface area contributed by atoms with Gasteiger partial charge in [0.1, 0.15) is 0 Å². The Labute approximate surface area is 161 Å². The topological polar surface area (TPSA) is 84.2 Å². The van der Waals surface area contributed by atoms with Gasteiger partial charge >= 0.3 is 0 Å². The summed E-state index contributed by atoms with van der Waals surface area (Å²) in [5.41, 5.74) is 6.58. The lowest BCUT2D eigenvalue weighted by Gasteiger charge is -2.16. The van der Waals surface area contributed by atoms with Crippen LogP contribution >= 0.6 is 35.3 Å². The fraction of sp³-hybridized carbons (Fsp3) is 0.294. The van der Waals surface area contributed by atoms with E-state index >= 15 is 0 Å². The Kier molecular flexibility index (Phi) is 6.84. The summed E-state index contributed by atoms with van der Waals surface area (Å²) in [5, 5.41) is 7.91. The number of nitrogens with two attached hydrogens (primary N) is 1. The second-order valence-corrected chi connectivity index (χ2v) is 7.13. The van der Waals surface area contributed by atoms with E-state index in [-0.39, 0.29) is 30.3 Å². The molecule has 0 aliphatic heterocycles. The highest BCUT2D eigenvalue weighted by Crippen LogP contribution is 2.32. The molecule has 0 saturated heterocycles. The molecule has 2 aromatic rings. The van der Waals surface area contributed by atoms with Crippen LogP contribution in [0.15, 0.2) is 35.7 Å². The van der Waals surface area contributed by atoms with Gasteiger partial charge in [0.15, 0.2) is 0 Å². The average Bonchev–Trinajstić information content (AvgIpc) is 3.27. The molecule has 1 fully saturated rings. The Morgan fingerprint density at radius 3 is 2.64 bits per heavy atom. The lowest BCUT2D eigenvalue weighted by atomic mass is 10.1. The minimum atomic E-state index is -0.248. The first-order valence-electron chi connectivity index (χ1n) is 7.74. The number of anilines is 1. The number of benzene rings is 1. The molecule has 134 valence electrons. The monoisotopic (exact) mass is 399 g/mol. The molecule has 25 heavy (non-hydrogen) atoms. The Morgan fingerprint density at radius 1 is 1.28 bits per heavy atom. The minimum Gasteiger partial charge on any atom is -0.348 e. The number of halogens is 2. The predicted octanol–water partition coefficient (Wildman–Crippen LogP) is 3.54. The average molecular weight is 400 g/mol. The molecule has 1 unspecified atom stereocenters. The van der Waals surface area contributed by atoms with Crippen molar-refractivity contribution < 1.29 is 9.59 Å². The second kappa shape index (κ2) is 8.67. The van der Waals surface area contributed by atoms with Crippen molar-refractivity contribution in [1.29, 1.82) is 0 Å². The van der Waals surface area contributed by atoms with Gasteiger partial charge in [-0.25, -0.2) is 0 Å². The van der Waals surface area contributed by atoms with Crippen molar-refractivity contribution in [2.24, 2.45) is 11.7 Å². The number of amides is 2. The van der Waals surface area contributed by atoms with E-state index in [9.17, 15) is 9.59 Å². The Morgan fingerprint density at radius 2 is 2.04 bits per heavy atom. The van der Waals surface area contributed by atoms with E-state index in [1.807, 2.05) is 5.38 Å². The number of thiophene rings is 1. The van der Waals surface area contributed by atoms with Crippen LogP contribution in [0.3, 0.4) is 0 Å². The van der Waals surface area contributed by atoms with Crippen molar-refractivity contribution in [3.63, 3.8) is 0 Å². The van der Waals surface area contributed by atoms with Crippen LogP contribution in [0.1, 0.15) is 32.9 Å². The normalized spacial score (nSPS) is 14.3. The third-order valence-electron chi connectivity index (χ3n) is 3.98. The molecule has 4 N–H and O–H groups in total. The van der Waals surface area contributed by atoms with Gasteiger partial charge in [-0.15, -0.1) is 23.7 Å². The van der Waals surface area contributed by atoms with Crippen molar-refractivity contribution >= 4 is 52.8 Å². The third kappa shape index (κ3) is 4.95. The molecular weight excluding hydrogens is 381 g/mol. The number of carbonyl (C=O) groups excluding carboxylic acids is 2. The summed E-state index contributed by atoms with van der Waals surface area (Å²) in [6.45, 7) is 0.423. The van der Waals surface area contributed by atoms with Crippen molar-refractivity contribution in [3.8, 4) is 0 Å². The van der Waals surface area contributed by atoms with E-state index in [4.69, 9.17) is 17.3 Å². The first kappa shape index (κ1) is 19.7. The van der Waals surface area contributed by atoms with Crippen LogP contribution in [0.2, 0.25) is 5.02 Å². The van der Waals surface area contributed by atoms with Crippen molar-refractivity contribution in [1.82, 2.24) is 5.32 Å². The second-order valence-electron chi connectivity index (χ2n) is 5.78. The maximum atomic E-state index is 12.4. The van der Waals surface area contributed by atoms with Gasteiger partial charge in [-0.05, 0) is 48.4 Å². The van der Waals surface area contributed by atoms with Crippen molar-refractivity contribution in [2.45, 2.75) is 18.9 Å². The number of hydrogen-bond donors (Lipinski definition) is 3. The van der Waals surface area contributed by atoms with Gasteiger partial charge in [-0.1, -0.05) is 17.7 Å². The van der Waals surface area contributed by atoms with Gasteiger partial charge < -0.3 is 16.4 Å². The smallest absolute Gasteiger partial charge is 0.265 e. The maximum Gasteiger partial charge on any atom is 0.265 e. The first-order chi connectivity index (χ1) is 11.6. The van der Waals surface area contributed by atoms with Crippen LogP contribution < -0.4 is 16.4 Å². The fourth-order valence-corrected chi connectivity index (χ4v) is 3.26. The molecule has 0 spiro atoms. The molecule has 1 atom stereocenters. The summed E-state index contributed by atoms with van der Waals surface area (Å²) < 4.78 is 0. The first-order valence-corrected chi connectivity index (χ1v) is 8.99. The summed E-state index contributed by atoms with van der Waals surface area (Å²) in [5.74, 6) is 0.0205. The minimum absolute atomic E-state index is 0. The number of carbonyl (C=O) groups is 2. The highest BCUT2D eigenvalue weighted by Gasteiger charge is 2.31. The zero-order chi connectivity index (χ0) is 17.1. The molecular formula is C17H19Cl2N3O2S. The third-order valence-corrected chi connectivity index (χ3v) is 5.18. The predicted molar refractivity (Wildman–Crippen MR) is 104 cm³/mol. The zero-order valence-corrected chi connectivity index (χ0v) is 15.7. The van der Waals surface area contributed by atoms with Gasteiger partial charge in [-0.3, -0.25) is 9.59 Å². The summed E-state index contributed by atoms with van der Waals surface area (Å²) in [4.78, 5) is 25.1. The highest BCUT2D eigenvalue weighted by molar-refractivity contribution is 7.12. The van der Waals surface area contributed by atoms with Gasteiger partial charge in [0.25, 0.3) is 11.8 Å². The van der Waals surface area contributed by atoms with Gasteiger partial charge in [0.05, 0.1) is 15.6 Å². The van der Waals surface area contributed by atoms with E-state index < -0.39 is 0 Å². The fourth-order valence-electron chi connectivity index (χ4n) is 2.47. The van der Waals surface area contributed by atoms with E-state index in [0.29, 0.717) is 33.6 Å². The summed E-state index contributed by atoms with van der Waals surface area (Å²) in [7, 11) is 0. The molecule has 1 aliphatic carbocycles. The molecule has 1 heterocycles. The highest BCUT2D eigenvalue weighted by atomic mass is 35.5. The van der Waals surface area contributed by atoms with Crippen LogP contribution in [-0.2, 0) is 0 Å². The van der Waals surface area contributed by atoms with Crippen LogP contribution in [0.4, 0.5) is 5.69 Å². The van der Waals surface area contributed by atoms with Crippen molar-refractivity contribution in [2.75, 3.05) is 11.9 Å². The maximum absolute atomic E-state index is 12.4. The number of rotatable bonds is 6. The molecule has 1 aromatic heterocycles. The van der Waals surface area contributed by atoms with Gasteiger partial charge in [0, 0.05) is 18.2 Å². The molecule has 3 rings (SSSR count). The molecule has 5 nitrogen and oxygen atoms in total. The number of hydrogen-bond acceptors (Lipinski definition) is 4. The Hall–Kier alpha value is -1.60. The van der Waals surface area contributed by atoms with Crippen LogP contribution in [0, 0.1) is 5.92 Å². The largest absolute Gasteiger partial charge is 0.348 e. The van der Waals surface area contributed by atoms with Gasteiger partial charge in [-0.2, -0.15) is 0 Å². The molecule has 0 bridgehead atoms. The molecule has 1 saturated carbocycles. The standard InChI is InChI=1S/C17H18ClN3O2S.ClH/c18-12-6-5-11(16(22)21-14(9-19)10-3-4-10)8-13(12)20-17(23)15-2-1-7-24-15;/h1-2,5-8,10,14H,3-4,9,19H2,(H,20,23)(H,21,22);1H.